The van der Waals surface area contributed by atoms with Crippen LogP contribution in [-0.4, -0.2) is 49.9 Å². The number of halogens is 2. The molecule has 8 nitrogen and oxygen atoms in total. The van der Waals surface area contributed by atoms with Gasteiger partial charge in [0.15, 0.2) is 5.78 Å². The quantitative estimate of drug-likeness (QED) is 0.526. The lowest BCUT2D eigenvalue weighted by Gasteiger charge is -2.23. The van der Waals surface area contributed by atoms with Crippen LogP contribution in [0.15, 0.2) is 36.4 Å². The van der Waals surface area contributed by atoms with E-state index in [4.69, 9.17) is 0 Å². The minimum absolute atomic E-state index is 0.197. The molecular formula is C22H21F2N3O5S. The van der Waals surface area contributed by atoms with Gasteiger partial charge in [0, 0.05) is 17.2 Å². The fourth-order valence-corrected chi connectivity index (χ4v) is 5.68. The summed E-state index contributed by atoms with van der Waals surface area (Å²) < 4.78 is 53.4. The predicted molar refractivity (Wildman–Crippen MR) is 115 cm³/mol. The van der Waals surface area contributed by atoms with Crippen LogP contribution in [0.4, 0.5) is 19.3 Å². The Kier molecular flexibility index (Phi) is 5.27. The van der Waals surface area contributed by atoms with E-state index < -0.39 is 51.5 Å². The van der Waals surface area contributed by atoms with Crippen LogP contribution < -0.4 is 9.62 Å². The molecule has 2 aliphatic rings. The normalized spacial score (nSPS) is 22.5. The number of sulfonamides is 1. The Hall–Kier alpha value is -3.34. The lowest BCUT2D eigenvalue weighted by atomic mass is 9.91. The van der Waals surface area contributed by atoms with Gasteiger partial charge in [-0.25, -0.2) is 22.0 Å². The van der Waals surface area contributed by atoms with Gasteiger partial charge in [-0.3, -0.25) is 18.8 Å². The number of carbonyl (C=O) groups is 3. The van der Waals surface area contributed by atoms with Crippen molar-refractivity contribution in [3.05, 3.63) is 64.7 Å². The average molecular weight is 477 g/mol. The zero-order chi connectivity index (χ0) is 24.3. The molecule has 2 aromatic carbocycles. The standard InChI is InChI=1S/C22H21F2N3O5S/c1-12-8-14-9-13(4-7-18(14)27(12)33(3,31)32)19(28)11-26-20(29)22(2,25-21(26)30)16-10-15(23)5-6-17(16)24/h4-7,9-10,12H,8,11H2,1-3H3,(H,25,30)/t12-,22+/m1/s1. The van der Waals surface area contributed by atoms with E-state index in [0.29, 0.717) is 22.6 Å². The molecule has 2 atom stereocenters. The molecule has 174 valence electrons. The van der Waals surface area contributed by atoms with E-state index in [1.54, 1.807) is 13.0 Å². The first-order valence-electron chi connectivity index (χ1n) is 10.1. The maximum Gasteiger partial charge on any atom is 0.325 e. The van der Waals surface area contributed by atoms with Crippen molar-refractivity contribution in [3.63, 3.8) is 0 Å². The Balaban J connectivity index is 1.59. The van der Waals surface area contributed by atoms with Gasteiger partial charge in [0.05, 0.1) is 18.5 Å². The molecule has 4 rings (SSSR count). The maximum absolute atomic E-state index is 14.3. The number of Topliss-reactive ketones (excluding diaryl/α,β-unsaturated/α-hetero) is 1. The summed E-state index contributed by atoms with van der Waals surface area (Å²) in [6, 6.07) is 5.86. The number of imide groups is 1. The molecule has 0 saturated carbocycles. The maximum atomic E-state index is 14.3. The second kappa shape index (κ2) is 7.62. The van der Waals surface area contributed by atoms with Crippen molar-refractivity contribution in [1.29, 1.82) is 0 Å². The third kappa shape index (κ3) is 3.75. The Morgan fingerprint density at radius 3 is 2.55 bits per heavy atom. The van der Waals surface area contributed by atoms with Crippen molar-refractivity contribution < 1.29 is 31.6 Å². The highest BCUT2D eigenvalue weighted by Gasteiger charge is 2.51. The topological polar surface area (TPSA) is 104 Å². The van der Waals surface area contributed by atoms with Crippen molar-refractivity contribution in [2.75, 3.05) is 17.1 Å². The van der Waals surface area contributed by atoms with Crippen LogP contribution in [0.3, 0.4) is 0 Å². The summed E-state index contributed by atoms with van der Waals surface area (Å²) in [4.78, 5) is 39.0. The number of anilines is 1. The van der Waals surface area contributed by atoms with Crippen molar-refractivity contribution in [2.24, 2.45) is 0 Å². The summed E-state index contributed by atoms with van der Waals surface area (Å²) in [7, 11) is -3.49. The summed E-state index contributed by atoms with van der Waals surface area (Å²) in [5.74, 6) is -3.09. The Morgan fingerprint density at radius 2 is 1.88 bits per heavy atom. The molecule has 1 N–H and O–H groups in total. The number of urea groups is 1. The first kappa shape index (κ1) is 22.8. The molecule has 2 heterocycles. The molecule has 0 bridgehead atoms. The fraction of sp³-hybridized carbons (Fsp3) is 0.318. The molecule has 33 heavy (non-hydrogen) atoms. The molecule has 0 aromatic heterocycles. The molecule has 0 aliphatic carbocycles. The van der Waals surface area contributed by atoms with Crippen molar-refractivity contribution >= 4 is 33.4 Å². The molecule has 3 amide bonds. The second-order valence-corrected chi connectivity index (χ2v) is 10.3. The number of ketones is 1. The van der Waals surface area contributed by atoms with Crippen LogP contribution in [0.2, 0.25) is 0 Å². The smallest absolute Gasteiger partial charge is 0.319 e. The van der Waals surface area contributed by atoms with E-state index in [2.05, 4.69) is 5.32 Å². The summed E-state index contributed by atoms with van der Waals surface area (Å²) in [5, 5.41) is 2.35. The number of hydrogen-bond acceptors (Lipinski definition) is 5. The van der Waals surface area contributed by atoms with Gasteiger partial charge in [-0.2, -0.15) is 0 Å². The monoisotopic (exact) mass is 477 g/mol. The van der Waals surface area contributed by atoms with E-state index in [0.717, 1.165) is 24.5 Å². The second-order valence-electron chi connectivity index (χ2n) is 8.45. The summed E-state index contributed by atoms with van der Waals surface area (Å²) >= 11 is 0. The highest BCUT2D eigenvalue weighted by atomic mass is 32.2. The highest BCUT2D eigenvalue weighted by Crippen LogP contribution is 2.35. The zero-order valence-electron chi connectivity index (χ0n) is 18.1. The summed E-state index contributed by atoms with van der Waals surface area (Å²) in [5.41, 5.74) is -0.883. The number of nitrogens with zero attached hydrogens (tertiary/aromatic N) is 2. The molecule has 2 aliphatic heterocycles. The number of amides is 3. The van der Waals surface area contributed by atoms with Gasteiger partial charge in [-0.05, 0) is 62.2 Å². The highest BCUT2D eigenvalue weighted by molar-refractivity contribution is 7.92. The van der Waals surface area contributed by atoms with Crippen molar-refractivity contribution in [1.82, 2.24) is 10.2 Å². The van der Waals surface area contributed by atoms with Crippen LogP contribution in [0.1, 0.15) is 35.3 Å². The minimum atomic E-state index is -3.49. The third-order valence-corrected chi connectivity index (χ3v) is 7.23. The van der Waals surface area contributed by atoms with E-state index >= 15 is 0 Å². The summed E-state index contributed by atoms with van der Waals surface area (Å²) in [6.45, 7) is 2.38. The van der Waals surface area contributed by atoms with E-state index in [-0.39, 0.29) is 17.2 Å². The number of fused-ring (bicyclic) bond motifs is 1. The van der Waals surface area contributed by atoms with Crippen LogP contribution in [-0.2, 0) is 26.8 Å². The zero-order valence-corrected chi connectivity index (χ0v) is 18.9. The van der Waals surface area contributed by atoms with Gasteiger partial charge in [-0.15, -0.1) is 0 Å². The SMILES string of the molecule is C[C@@H]1Cc2cc(C(=O)CN3C(=O)N[C@@](C)(c4cc(F)ccc4F)C3=O)ccc2N1S(C)(=O)=O. The molecule has 1 fully saturated rings. The van der Waals surface area contributed by atoms with Crippen LogP contribution >= 0.6 is 0 Å². The van der Waals surface area contributed by atoms with Crippen LogP contribution in [0.5, 0.6) is 0 Å². The molecule has 0 radical (unpaired) electrons. The van der Waals surface area contributed by atoms with Gasteiger partial charge in [0.25, 0.3) is 5.91 Å². The molecule has 1 saturated heterocycles. The minimum Gasteiger partial charge on any atom is -0.319 e. The number of hydrogen-bond donors (Lipinski definition) is 1. The molecular weight excluding hydrogens is 456 g/mol. The van der Waals surface area contributed by atoms with E-state index in [9.17, 15) is 31.6 Å². The molecule has 0 spiro atoms. The number of nitrogens with one attached hydrogen (secondary N) is 1. The molecule has 2 aromatic rings. The average Bonchev–Trinajstić information content (AvgIpc) is 3.17. The largest absolute Gasteiger partial charge is 0.325 e. The first-order valence-corrected chi connectivity index (χ1v) is 11.9. The lowest BCUT2D eigenvalue weighted by Crippen LogP contribution is -2.42. The predicted octanol–water partition coefficient (Wildman–Crippen LogP) is 2.33. The summed E-state index contributed by atoms with van der Waals surface area (Å²) in [6.07, 6.45) is 1.51. The van der Waals surface area contributed by atoms with Gasteiger partial charge in [0.2, 0.25) is 10.0 Å². The van der Waals surface area contributed by atoms with Crippen LogP contribution in [0.25, 0.3) is 0 Å². The van der Waals surface area contributed by atoms with Gasteiger partial charge < -0.3 is 5.32 Å². The molecule has 11 heteroatoms. The Labute approximate surface area is 189 Å². The number of rotatable bonds is 5. The first-order chi connectivity index (χ1) is 15.3. The van der Waals surface area contributed by atoms with E-state index in [1.165, 1.54) is 23.4 Å². The number of carbonyl (C=O) groups excluding carboxylic acids is 3. The molecule has 0 unspecified atom stereocenters. The fourth-order valence-electron chi connectivity index (χ4n) is 4.42. The van der Waals surface area contributed by atoms with Gasteiger partial charge in [0.1, 0.15) is 17.2 Å². The van der Waals surface area contributed by atoms with Gasteiger partial charge >= 0.3 is 6.03 Å². The lowest BCUT2D eigenvalue weighted by molar-refractivity contribution is -0.130. The number of benzene rings is 2. The van der Waals surface area contributed by atoms with Gasteiger partial charge in [-0.1, -0.05) is 0 Å². The Bertz CT molecular complexity index is 1310. The Morgan fingerprint density at radius 1 is 1.18 bits per heavy atom. The third-order valence-electron chi connectivity index (χ3n) is 5.96. The van der Waals surface area contributed by atoms with E-state index in [1.807, 2.05) is 0 Å². The van der Waals surface area contributed by atoms with Crippen molar-refractivity contribution in [3.8, 4) is 0 Å². The van der Waals surface area contributed by atoms with Crippen molar-refractivity contribution in [2.45, 2.75) is 31.8 Å². The van der Waals surface area contributed by atoms with Crippen LogP contribution in [0, 0.1) is 11.6 Å².